The molecule has 0 heterocycles. The summed E-state index contributed by atoms with van der Waals surface area (Å²) in [6, 6.07) is 0. The first kappa shape index (κ1) is 39.1. The Labute approximate surface area is 105 Å². The summed E-state index contributed by atoms with van der Waals surface area (Å²) in [5, 5.41) is 0. The van der Waals surface area contributed by atoms with Crippen molar-refractivity contribution >= 4 is 17.4 Å². The second kappa shape index (κ2) is 25.9. The molecule has 0 unspecified atom stereocenters. The number of hydrogen-bond donors (Lipinski definition) is 0. The van der Waals surface area contributed by atoms with Crippen LogP contribution in [0.5, 0.6) is 0 Å². The van der Waals surface area contributed by atoms with E-state index in [-0.39, 0.29) is 107 Å². The van der Waals surface area contributed by atoms with Crippen LogP contribution in [0.25, 0.3) is 0 Å². The smallest absolute Gasteiger partial charge is 0 e. The molecule has 5 heteroatoms. The molecular formula is AlAu4. The molecule has 7 radical (unpaired) electrons. The largest absolute Gasteiger partial charge is 0 e. The molecule has 0 aliphatic rings. The van der Waals surface area contributed by atoms with Gasteiger partial charge in [-0.2, -0.15) is 0 Å². The molecule has 0 aliphatic carbocycles. The Hall–Kier alpha value is 3.49. The van der Waals surface area contributed by atoms with E-state index in [1.54, 1.807) is 0 Å². The fraction of sp³-hybridized carbons (Fsp3) is 0. The van der Waals surface area contributed by atoms with E-state index in [9.17, 15) is 0 Å². The van der Waals surface area contributed by atoms with E-state index in [0.29, 0.717) is 0 Å². The third-order valence-corrected chi connectivity index (χ3v) is 0. The van der Waals surface area contributed by atoms with Crippen LogP contribution >= 0.6 is 0 Å². The van der Waals surface area contributed by atoms with Crippen LogP contribution in [0.15, 0.2) is 0 Å². The predicted octanol–water partition coefficient (Wildman–Crippen LogP) is -0.391. The maximum Gasteiger partial charge on any atom is 0 e. The van der Waals surface area contributed by atoms with E-state index in [4.69, 9.17) is 0 Å². The zero-order valence-corrected chi connectivity index (χ0v) is 11.6. The first-order chi connectivity index (χ1) is 0. The zero-order valence-electron chi connectivity index (χ0n) is 1.78. The maximum absolute atomic E-state index is 0. The number of hydrogen-bond acceptors (Lipinski definition) is 0. The molecule has 0 aromatic carbocycles. The van der Waals surface area contributed by atoms with E-state index in [2.05, 4.69) is 0 Å². The first-order valence-corrected chi connectivity index (χ1v) is 0. The topological polar surface area (TPSA) is 0 Å². The average molecular weight is 815 g/mol. The van der Waals surface area contributed by atoms with Gasteiger partial charge in [-0.25, -0.2) is 0 Å². The van der Waals surface area contributed by atoms with Crippen LogP contribution in [-0.4, -0.2) is 17.4 Å². The monoisotopic (exact) mass is 815 g/mol. The van der Waals surface area contributed by atoms with Crippen molar-refractivity contribution in [3.8, 4) is 0 Å². The fourth-order valence-electron chi connectivity index (χ4n) is 0. The van der Waals surface area contributed by atoms with Crippen molar-refractivity contribution in [3.05, 3.63) is 0 Å². The van der Waals surface area contributed by atoms with Crippen LogP contribution in [0.1, 0.15) is 0 Å². The summed E-state index contributed by atoms with van der Waals surface area (Å²) in [5.74, 6) is 0. The van der Waals surface area contributed by atoms with Crippen molar-refractivity contribution in [1.82, 2.24) is 0 Å². The summed E-state index contributed by atoms with van der Waals surface area (Å²) in [7, 11) is 0. The van der Waals surface area contributed by atoms with Crippen molar-refractivity contribution in [2.75, 3.05) is 0 Å². The summed E-state index contributed by atoms with van der Waals surface area (Å²) < 4.78 is 0. The molecule has 0 N–H and O–H groups in total. The molecule has 0 fully saturated rings. The standard InChI is InChI=1S/Al.4Au. The molecule has 0 atom stereocenters. The van der Waals surface area contributed by atoms with Crippen molar-refractivity contribution in [2.45, 2.75) is 0 Å². The third kappa shape index (κ3) is 18.5. The second-order valence-corrected chi connectivity index (χ2v) is 0. The van der Waals surface area contributed by atoms with Gasteiger partial charge in [0.25, 0.3) is 0 Å². The third-order valence-electron chi connectivity index (χ3n) is 0. The van der Waals surface area contributed by atoms with Gasteiger partial charge in [0.2, 0.25) is 0 Å². The SMILES string of the molecule is [Al].[Au].[Au].[Au].[Au]. The normalized spacial score (nSPS) is 0. The summed E-state index contributed by atoms with van der Waals surface area (Å²) in [6.45, 7) is 0. The van der Waals surface area contributed by atoms with Gasteiger partial charge in [-0.3, -0.25) is 0 Å². The molecule has 0 amide bonds. The zero-order chi connectivity index (χ0) is 0. The Balaban J connectivity index is 0. The van der Waals surface area contributed by atoms with Crippen LogP contribution in [0.4, 0.5) is 0 Å². The van der Waals surface area contributed by atoms with E-state index in [1.807, 2.05) is 0 Å². The van der Waals surface area contributed by atoms with Gasteiger partial charge in [0.05, 0.1) is 0 Å². The Morgan fingerprint density at radius 1 is 0.400 bits per heavy atom. The summed E-state index contributed by atoms with van der Waals surface area (Å²) in [4.78, 5) is 0. The van der Waals surface area contributed by atoms with Gasteiger partial charge in [0.15, 0.2) is 0 Å². The van der Waals surface area contributed by atoms with E-state index in [0.717, 1.165) is 0 Å². The van der Waals surface area contributed by atoms with Crippen LogP contribution in [-0.2, 0) is 89.5 Å². The Kier molecular flexibility index (Phi) is 202. The van der Waals surface area contributed by atoms with Crippen LogP contribution in [0.3, 0.4) is 0 Å². The minimum atomic E-state index is 0. The van der Waals surface area contributed by atoms with Crippen LogP contribution in [0, 0.1) is 0 Å². The maximum atomic E-state index is 0. The number of rotatable bonds is 0. The van der Waals surface area contributed by atoms with E-state index in [1.165, 1.54) is 0 Å². The molecule has 0 rings (SSSR count). The average Bonchev–Trinajstić information content (AvgIpc) is 0. The van der Waals surface area contributed by atoms with Gasteiger partial charge in [0.1, 0.15) is 0 Å². The van der Waals surface area contributed by atoms with E-state index >= 15 is 0 Å². The van der Waals surface area contributed by atoms with Gasteiger partial charge >= 0.3 is 0 Å². The van der Waals surface area contributed by atoms with Crippen molar-refractivity contribution in [2.24, 2.45) is 0 Å². The van der Waals surface area contributed by atoms with Gasteiger partial charge in [-0.05, 0) is 0 Å². The Bertz CT molecular complexity index is 3.61. The molecule has 0 nitrogen and oxygen atoms in total. The molecule has 0 bridgehead atoms. The molecule has 0 aromatic rings. The molecule has 47 valence electrons. The van der Waals surface area contributed by atoms with Gasteiger partial charge in [-0.1, -0.05) is 0 Å². The second-order valence-electron chi connectivity index (χ2n) is 0. The van der Waals surface area contributed by atoms with Gasteiger partial charge in [0, 0.05) is 107 Å². The molecule has 5 heavy (non-hydrogen) atoms. The van der Waals surface area contributed by atoms with Gasteiger partial charge in [-0.15, -0.1) is 0 Å². The first-order valence-electron chi connectivity index (χ1n) is 0. The molecule has 0 saturated carbocycles. The minimum absolute atomic E-state index is 0. The summed E-state index contributed by atoms with van der Waals surface area (Å²) in [6.07, 6.45) is 0. The summed E-state index contributed by atoms with van der Waals surface area (Å²) in [5.41, 5.74) is 0. The Morgan fingerprint density at radius 3 is 0.400 bits per heavy atom. The minimum Gasteiger partial charge on any atom is 0 e. The molecule has 0 aliphatic heterocycles. The molecular weight excluding hydrogens is 815 g/mol. The van der Waals surface area contributed by atoms with E-state index < -0.39 is 0 Å². The van der Waals surface area contributed by atoms with Gasteiger partial charge < -0.3 is 0 Å². The quantitative estimate of drug-likeness (QED) is 0.293. The molecule has 0 aromatic heterocycles. The Morgan fingerprint density at radius 2 is 0.400 bits per heavy atom. The van der Waals surface area contributed by atoms with Crippen LogP contribution < -0.4 is 0 Å². The fourth-order valence-corrected chi connectivity index (χ4v) is 0. The summed E-state index contributed by atoms with van der Waals surface area (Å²) >= 11 is 0. The van der Waals surface area contributed by atoms with Crippen molar-refractivity contribution in [1.29, 1.82) is 0 Å². The molecule has 0 spiro atoms. The van der Waals surface area contributed by atoms with Crippen LogP contribution in [0.2, 0.25) is 0 Å². The van der Waals surface area contributed by atoms with Crippen molar-refractivity contribution < 1.29 is 89.5 Å². The molecule has 0 saturated heterocycles. The van der Waals surface area contributed by atoms with Crippen molar-refractivity contribution in [3.63, 3.8) is 0 Å². The predicted molar refractivity (Wildman–Crippen MR) is 5.75 cm³/mol.